The van der Waals surface area contributed by atoms with Gasteiger partial charge in [0.05, 0.1) is 18.0 Å². The zero-order valence-corrected chi connectivity index (χ0v) is 17.2. The number of rotatable bonds is 5. The summed E-state index contributed by atoms with van der Waals surface area (Å²) in [4.78, 5) is 12.9. The molecule has 3 aromatic rings. The molecule has 3 aromatic carbocycles. The predicted molar refractivity (Wildman–Crippen MR) is 116 cm³/mol. The van der Waals surface area contributed by atoms with Crippen molar-refractivity contribution in [2.75, 3.05) is 17.1 Å². The number of fused-ring (bicyclic) bond motifs is 2. The number of sulfonamides is 1. The molecule has 0 unspecified atom stereocenters. The van der Waals surface area contributed by atoms with Crippen LogP contribution in [-0.2, 0) is 21.2 Å². The molecule has 5 nitrogen and oxygen atoms in total. The van der Waals surface area contributed by atoms with Crippen LogP contribution in [-0.4, -0.2) is 27.1 Å². The molecule has 6 heteroatoms. The molecule has 1 aliphatic rings. The van der Waals surface area contributed by atoms with Crippen molar-refractivity contribution in [3.63, 3.8) is 0 Å². The van der Waals surface area contributed by atoms with Crippen molar-refractivity contribution in [2.24, 2.45) is 0 Å². The zero-order chi connectivity index (χ0) is 20.4. The Kier molecular flexibility index (Phi) is 5.28. The molecule has 0 aliphatic heterocycles. The Labute approximate surface area is 171 Å². The molecular weight excluding hydrogens is 384 g/mol. The Morgan fingerprint density at radius 2 is 1.76 bits per heavy atom. The fourth-order valence-electron chi connectivity index (χ4n) is 4.08. The summed E-state index contributed by atoms with van der Waals surface area (Å²) in [6.07, 6.45) is 4.00. The minimum Gasteiger partial charge on any atom is -0.348 e. The largest absolute Gasteiger partial charge is 0.348 e. The smallest absolute Gasteiger partial charge is 0.241 e. The first-order valence-corrected chi connectivity index (χ1v) is 11.6. The van der Waals surface area contributed by atoms with Gasteiger partial charge in [-0.05, 0) is 41.8 Å². The van der Waals surface area contributed by atoms with Gasteiger partial charge in [0.25, 0.3) is 0 Å². The van der Waals surface area contributed by atoms with Crippen LogP contribution in [0.25, 0.3) is 10.8 Å². The van der Waals surface area contributed by atoms with Gasteiger partial charge in [-0.15, -0.1) is 0 Å². The molecule has 0 radical (unpaired) electrons. The lowest BCUT2D eigenvalue weighted by Gasteiger charge is -2.28. The number of nitrogens with one attached hydrogen (secondary N) is 1. The minimum absolute atomic E-state index is 0.0821. The summed E-state index contributed by atoms with van der Waals surface area (Å²) in [5.41, 5.74) is 2.89. The van der Waals surface area contributed by atoms with E-state index < -0.39 is 10.0 Å². The molecule has 1 atom stereocenters. The number of hydrogen-bond donors (Lipinski definition) is 1. The first kappa shape index (κ1) is 19.5. The van der Waals surface area contributed by atoms with E-state index in [0.29, 0.717) is 5.69 Å². The van der Waals surface area contributed by atoms with E-state index in [1.165, 1.54) is 9.87 Å². The lowest BCUT2D eigenvalue weighted by atomic mass is 9.88. The van der Waals surface area contributed by atoms with Gasteiger partial charge in [-0.2, -0.15) is 0 Å². The molecule has 1 amide bonds. The van der Waals surface area contributed by atoms with Crippen molar-refractivity contribution >= 4 is 32.4 Å². The van der Waals surface area contributed by atoms with E-state index in [0.717, 1.165) is 41.9 Å². The van der Waals surface area contributed by atoms with Crippen LogP contribution < -0.4 is 9.62 Å². The zero-order valence-electron chi connectivity index (χ0n) is 16.3. The van der Waals surface area contributed by atoms with E-state index in [-0.39, 0.29) is 18.5 Å². The molecule has 0 saturated carbocycles. The van der Waals surface area contributed by atoms with E-state index in [4.69, 9.17) is 0 Å². The van der Waals surface area contributed by atoms with E-state index in [1.807, 2.05) is 54.6 Å². The second kappa shape index (κ2) is 7.87. The highest BCUT2D eigenvalue weighted by Gasteiger charge is 2.26. The van der Waals surface area contributed by atoms with E-state index in [2.05, 4.69) is 11.4 Å². The number of nitrogens with zero attached hydrogens (tertiary/aromatic N) is 1. The van der Waals surface area contributed by atoms with Crippen LogP contribution in [0.3, 0.4) is 0 Å². The third-order valence-electron chi connectivity index (χ3n) is 5.43. The molecule has 0 fully saturated rings. The quantitative estimate of drug-likeness (QED) is 0.698. The molecule has 150 valence electrons. The van der Waals surface area contributed by atoms with Crippen LogP contribution in [0.4, 0.5) is 5.69 Å². The molecule has 29 heavy (non-hydrogen) atoms. The van der Waals surface area contributed by atoms with Gasteiger partial charge >= 0.3 is 0 Å². The Balaban J connectivity index is 1.61. The molecule has 0 spiro atoms. The van der Waals surface area contributed by atoms with Gasteiger partial charge in [0.1, 0.15) is 6.54 Å². The number of carbonyl (C=O) groups is 1. The summed E-state index contributed by atoms with van der Waals surface area (Å²) in [7, 11) is -3.63. The van der Waals surface area contributed by atoms with Crippen LogP contribution in [0.1, 0.15) is 30.0 Å². The number of benzene rings is 3. The Hall–Kier alpha value is -2.86. The first-order chi connectivity index (χ1) is 13.9. The number of anilines is 1. The fraction of sp³-hybridized carbons (Fsp3) is 0.261. The van der Waals surface area contributed by atoms with Gasteiger partial charge in [-0.25, -0.2) is 8.42 Å². The summed E-state index contributed by atoms with van der Waals surface area (Å²) in [5.74, 6) is -0.301. The third kappa shape index (κ3) is 4.12. The van der Waals surface area contributed by atoms with Crippen molar-refractivity contribution < 1.29 is 13.2 Å². The second-order valence-corrected chi connectivity index (χ2v) is 9.39. The van der Waals surface area contributed by atoms with Crippen molar-refractivity contribution in [1.29, 1.82) is 0 Å². The van der Waals surface area contributed by atoms with Gasteiger partial charge in [0.2, 0.25) is 15.9 Å². The van der Waals surface area contributed by atoms with Gasteiger partial charge in [-0.1, -0.05) is 60.7 Å². The Morgan fingerprint density at radius 3 is 2.59 bits per heavy atom. The highest BCUT2D eigenvalue weighted by Crippen LogP contribution is 2.30. The summed E-state index contributed by atoms with van der Waals surface area (Å²) in [6, 6.07) is 21.1. The molecular formula is C23H24N2O3S. The molecule has 0 bridgehead atoms. The normalized spacial score (nSPS) is 16.2. The summed E-state index contributed by atoms with van der Waals surface area (Å²) >= 11 is 0. The average molecular weight is 409 g/mol. The highest BCUT2D eigenvalue weighted by atomic mass is 32.2. The fourth-order valence-corrected chi connectivity index (χ4v) is 4.95. The van der Waals surface area contributed by atoms with E-state index in [9.17, 15) is 13.2 Å². The summed E-state index contributed by atoms with van der Waals surface area (Å²) < 4.78 is 26.3. The molecule has 4 rings (SSSR count). The second-order valence-electron chi connectivity index (χ2n) is 7.48. The maximum absolute atomic E-state index is 12.9. The minimum atomic E-state index is -3.63. The Morgan fingerprint density at radius 1 is 1.03 bits per heavy atom. The van der Waals surface area contributed by atoms with Crippen LogP contribution in [0.2, 0.25) is 0 Å². The van der Waals surface area contributed by atoms with Crippen molar-refractivity contribution in [3.05, 3.63) is 77.9 Å². The van der Waals surface area contributed by atoms with Gasteiger partial charge < -0.3 is 5.32 Å². The van der Waals surface area contributed by atoms with Gasteiger partial charge in [0, 0.05) is 5.39 Å². The van der Waals surface area contributed by atoms with E-state index >= 15 is 0 Å². The number of carbonyl (C=O) groups excluding carboxylic acids is 1. The maximum atomic E-state index is 12.9. The number of amides is 1. The monoisotopic (exact) mass is 408 g/mol. The average Bonchev–Trinajstić information content (AvgIpc) is 2.71. The molecule has 0 heterocycles. The lowest BCUT2D eigenvalue weighted by Crippen LogP contribution is -2.42. The molecule has 1 N–H and O–H groups in total. The Bertz CT molecular complexity index is 1150. The number of aryl methyl sites for hydroxylation is 1. The van der Waals surface area contributed by atoms with Crippen molar-refractivity contribution in [3.8, 4) is 0 Å². The van der Waals surface area contributed by atoms with Gasteiger partial charge in [-0.3, -0.25) is 9.10 Å². The lowest BCUT2D eigenvalue weighted by molar-refractivity contribution is -0.120. The highest BCUT2D eigenvalue weighted by molar-refractivity contribution is 7.92. The summed E-state index contributed by atoms with van der Waals surface area (Å²) in [6.45, 7) is -0.245. The SMILES string of the molecule is CS(=O)(=O)N(CC(=O)N[C@@H]1CCCc2ccccc21)c1cccc2ccccc12. The van der Waals surface area contributed by atoms with Gasteiger partial charge in [0.15, 0.2) is 0 Å². The predicted octanol–water partition coefficient (Wildman–Crippen LogP) is 3.80. The molecule has 0 aromatic heterocycles. The molecule has 0 saturated heterocycles. The van der Waals surface area contributed by atoms with Crippen LogP contribution >= 0.6 is 0 Å². The maximum Gasteiger partial charge on any atom is 0.241 e. The van der Waals surface area contributed by atoms with Crippen molar-refractivity contribution in [1.82, 2.24) is 5.32 Å². The standard InChI is InChI=1S/C23H24N2O3S/c1-29(27,28)25(22-15-7-11-18-9-3-5-13-20(18)22)16-23(26)24-21-14-6-10-17-8-2-4-12-19(17)21/h2-5,7-9,11-13,15,21H,6,10,14,16H2,1H3,(H,24,26)/t21-/m1/s1. The van der Waals surface area contributed by atoms with Crippen molar-refractivity contribution in [2.45, 2.75) is 25.3 Å². The topological polar surface area (TPSA) is 66.5 Å². The van der Waals surface area contributed by atoms with E-state index in [1.54, 1.807) is 6.07 Å². The van der Waals surface area contributed by atoms with Crippen LogP contribution in [0.15, 0.2) is 66.7 Å². The number of hydrogen-bond acceptors (Lipinski definition) is 3. The molecule has 1 aliphatic carbocycles. The third-order valence-corrected chi connectivity index (χ3v) is 6.55. The summed E-state index contributed by atoms with van der Waals surface area (Å²) in [5, 5.41) is 4.78. The van der Waals surface area contributed by atoms with Crippen LogP contribution in [0, 0.1) is 0 Å². The van der Waals surface area contributed by atoms with Crippen LogP contribution in [0.5, 0.6) is 0 Å². The first-order valence-electron chi connectivity index (χ1n) is 9.76.